The Kier molecular flexibility index (Phi) is 7.20. The summed E-state index contributed by atoms with van der Waals surface area (Å²) in [5.41, 5.74) is 2.15. The van der Waals surface area contributed by atoms with E-state index in [-0.39, 0.29) is 12.4 Å². The van der Waals surface area contributed by atoms with E-state index in [1.807, 2.05) is 48.5 Å². The lowest BCUT2D eigenvalue weighted by molar-refractivity contribution is 0.182. The average Bonchev–Trinajstić information content (AvgIpc) is 2.62. The van der Waals surface area contributed by atoms with Crippen molar-refractivity contribution in [3.63, 3.8) is 0 Å². The molecule has 0 aromatic heterocycles. The maximum atomic E-state index is 12.4. The number of hydrogen-bond donors (Lipinski definition) is 0. The van der Waals surface area contributed by atoms with Crippen molar-refractivity contribution < 1.29 is 8.42 Å². The first kappa shape index (κ1) is 19.7. The molecule has 1 saturated heterocycles. The van der Waals surface area contributed by atoms with E-state index in [1.54, 1.807) is 10.4 Å². The topological polar surface area (TPSA) is 40.6 Å². The number of piperazine rings is 1. The van der Waals surface area contributed by atoms with Crippen molar-refractivity contribution in [2.24, 2.45) is 0 Å². The van der Waals surface area contributed by atoms with Gasteiger partial charge in [-0.05, 0) is 17.2 Å². The number of rotatable bonds is 5. The van der Waals surface area contributed by atoms with Gasteiger partial charge in [-0.25, -0.2) is 8.42 Å². The molecule has 0 unspecified atom stereocenters. The number of halogens is 1. The van der Waals surface area contributed by atoms with Gasteiger partial charge in [-0.3, -0.25) is 4.90 Å². The van der Waals surface area contributed by atoms with E-state index >= 15 is 0 Å². The van der Waals surface area contributed by atoms with Crippen LogP contribution in [0, 0.1) is 0 Å². The zero-order chi connectivity index (χ0) is 16.8. The predicted molar refractivity (Wildman–Crippen MR) is 105 cm³/mol. The first-order chi connectivity index (χ1) is 11.6. The van der Waals surface area contributed by atoms with Gasteiger partial charge in [-0.15, -0.1) is 12.4 Å². The van der Waals surface area contributed by atoms with E-state index in [4.69, 9.17) is 0 Å². The molecule has 0 aliphatic carbocycles. The number of hydrogen-bond acceptors (Lipinski definition) is 3. The second-order valence-corrected chi connectivity index (χ2v) is 7.74. The van der Waals surface area contributed by atoms with Gasteiger partial charge in [0.05, 0.1) is 0 Å². The van der Waals surface area contributed by atoms with Crippen molar-refractivity contribution >= 4 is 28.5 Å². The maximum absolute atomic E-state index is 12.4. The summed E-state index contributed by atoms with van der Waals surface area (Å²) < 4.78 is 26.5. The Bertz CT molecular complexity index is 772. The van der Waals surface area contributed by atoms with E-state index in [9.17, 15) is 8.42 Å². The fourth-order valence-electron chi connectivity index (χ4n) is 2.80. The standard InChI is InChI=1S/C19H22N2O2S.ClH/c22-24(23,16-11-18-7-3-1-4-8-18)21-14-12-20(13-15-21)17-19-9-5-2-6-10-19;/h1-11,16H,12-15,17H2;1H. The molecule has 0 amide bonds. The van der Waals surface area contributed by atoms with Crippen molar-refractivity contribution in [1.29, 1.82) is 0 Å². The summed E-state index contributed by atoms with van der Waals surface area (Å²) in [6.07, 6.45) is 1.66. The smallest absolute Gasteiger partial charge is 0.236 e. The van der Waals surface area contributed by atoms with Crippen LogP contribution in [0.4, 0.5) is 0 Å². The lowest BCUT2D eigenvalue weighted by Gasteiger charge is -2.33. The Hall–Kier alpha value is -1.66. The molecule has 3 rings (SSSR count). The van der Waals surface area contributed by atoms with E-state index in [2.05, 4.69) is 17.0 Å². The summed E-state index contributed by atoms with van der Waals surface area (Å²) in [6, 6.07) is 19.8. The lowest BCUT2D eigenvalue weighted by atomic mass is 10.2. The zero-order valence-electron chi connectivity index (χ0n) is 14.0. The van der Waals surface area contributed by atoms with Gasteiger partial charge in [0, 0.05) is 38.1 Å². The largest absolute Gasteiger partial charge is 0.296 e. The molecule has 0 bridgehead atoms. The molecule has 25 heavy (non-hydrogen) atoms. The van der Waals surface area contributed by atoms with Crippen LogP contribution in [0.3, 0.4) is 0 Å². The number of nitrogens with zero attached hydrogens (tertiary/aromatic N) is 2. The highest BCUT2D eigenvalue weighted by atomic mass is 35.5. The molecule has 1 fully saturated rings. The van der Waals surface area contributed by atoms with Crippen LogP contribution in [0.15, 0.2) is 66.1 Å². The lowest BCUT2D eigenvalue weighted by Crippen LogP contribution is -2.47. The molecule has 2 aromatic rings. The van der Waals surface area contributed by atoms with E-state index < -0.39 is 10.0 Å². The predicted octanol–water partition coefficient (Wildman–Crippen LogP) is 3.23. The molecule has 4 nitrogen and oxygen atoms in total. The third-order valence-electron chi connectivity index (χ3n) is 4.17. The number of benzene rings is 2. The number of sulfonamides is 1. The van der Waals surface area contributed by atoms with Crippen molar-refractivity contribution in [3.05, 3.63) is 77.2 Å². The van der Waals surface area contributed by atoms with Gasteiger partial charge < -0.3 is 0 Å². The van der Waals surface area contributed by atoms with Crippen LogP contribution >= 0.6 is 12.4 Å². The van der Waals surface area contributed by atoms with Gasteiger partial charge in [-0.2, -0.15) is 4.31 Å². The summed E-state index contributed by atoms with van der Waals surface area (Å²) in [5.74, 6) is 0. The van der Waals surface area contributed by atoms with Crippen LogP contribution in [-0.2, 0) is 16.6 Å². The highest BCUT2D eigenvalue weighted by Gasteiger charge is 2.24. The first-order valence-electron chi connectivity index (χ1n) is 8.13. The van der Waals surface area contributed by atoms with Gasteiger partial charge in [0.1, 0.15) is 0 Å². The molecule has 134 valence electrons. The molecule has 0 atom stereocenters. The highest BCUT2D eigenvalue weighted by Crippen LogP contribution is 2.13. The van der Waals surface area contributed by atoms with Crippen molar-refractivity contribution in [2.45, 2.75) is 6.54 Å². The van der Waals surface area contributed by atoms with E-state index in [0.717, 1.165) is 25.2 Å². The summed E-state index contributed by atoms with van der Waals surface area (Å²) in [7, 11) is -3.35. The second kappa shape index (κ2) is 9.15. The van der Waals surface area contributed by atoms with E-state index in [1.165, 1.54) is 11.0 Å². The average molecular weight is 379 g/mol. The third-order valence-corrected chi connectivity index (χ3v) is 5.74. The van der Waals surface area contributed by atoms with Crippen molar-refractivity contribution in [2.75, 3.05) is 26.2 Å². The zero-order valence-corrected chi connectivity index (χ0v) is 15.6. The third kappa shape index (κ3) is 5.68. The maximum Gasteiger partial charge on any atom is 0.236 e. The monoisotopic (exact) mass is 378 g/mol. The summed E-state index contributed by atoms with van der Waals surface area (Å²) in [5, 5.41) is 1.31. The van der Waals surface area contributed by atoms with Crippen molar-refractivity contribution in [1.82, 2.24) is 9.21 Å². The first-order valence-corrected chi connectivity index (χ1v) is 9.63. The Labute approximate surface area is 156 Å². The summed E-state index contributed by atoms with van der Waals surface area (Å²) >= 11 is 0. The molecule has 0 radical (unpaired) electrons. The van der Waals surface area contributed by atoms with Crippen LogP contribution in [0.1, 0.15) is 11.1 Å². The van der Waals surface area contributed by atoms with Crippen LogP contribution < -0.4 is 0 Å². The molecule has 0 saturated carbocycles. The van der Waals surface area contributed by atoms with Gasteiger partial charge in [0.2, 0.25) is 10.0 Å². The Morgan fingerprint density at radius 2 is 1.40 bits per heavy atom. The Morgan fingerprint density at radius 3 is 2.00 bits per heavy atom. The van der Waals surface area contributed by atoms with Crippen molar-refractivity contribution in [3.8, 4) is 0 Å². The van der Waals surface area contributed by atoms with E-state index in [0.29, 0.717) is 13.1 Å². The minimum Gasteiger partial charge on any atom is -0.296 e. The normalized spacial score (nSPS) is 16.6. The Balaban J connectivity index is 0.00000225. The molecular formula is C19H23ClN2O2S. The minimum atomic E-state index is -3.35. The molecule has 1 heterocycles. The molecule has 1 aliphatic heterocycles. The van der Waals surface area contributed by atoms with Crippen LogP contribution in [0.25, 0.3) is 6.08 Å². The minimum absolute atomic E-state index is 0. The quantitative estimate of drug-likeness (QED) is 0.802. The van der Waals surface area contributed by atoms with Crippen LogP contribution in [-0.4, -0.2) is 43.8 Å². The molecule has 6 heteroatoms. The van der Waals surface area contributed by atoms with Crippen LogP contribution in [0.5, 0.6) is 0 Å². The molecular weight excluding hydrogens is 356 g/mol. The highest BCUT2D eigenvalue weighted by molar-refractivity contribution is 7.92. The second-order valence-electron chi connectivity index (χ2n) is 5.92. The summed E-state index contributed by atoms with van der Waals surface area (Å²) in [4.78, 5) is 2.29. The summed E-state index contributed by atoms with van der Waals surface area (Å²) in [6.45, 7) is 3.46. The fourth-order valence-corrected chi connectivity index (χ4v) is 3.97. The van der Waals surface area contributed by atoms with Gasteiger partial charge in [0.15, 0.2) is 0 Å². The van der Waals surface area contributed by atoms with Gasteiger partial charge in [-0.1, -0.05) is 60.7 Å². The molecule has 0 N–H and O–H groups in total. The molecule has 1 aliphatic rings. The fraction of sp³-hybridized carbons (Fsp3) is 0.263. The van der Waals surface area contributed by atoms with Gasteiger partial charge in [0.25, 0.3) is 0 Å². The molecule has 0 spiro atoms. The van der Waals surface area contributed by atoms with Crippen LogP contribution in [0.2, 0.25) is 0 Å². The molecule has 2 aromatic carbocycles. The Morgan fingerprint density at radius 1 is 0.840 bits per heavy atom. The SMILES string of the molecule is Cl.O=S(=O)(C=Cc1ccccc1)N1CCN(Cc2ccccc2)CC1. The van der Waals surface area contributed by atoms with Gasteiger partial charge >= 0.3 is 0 Å².